The minimum atomic E-state index is -0.513. The maximum Gasteiger partial charge on any atom is 0.254 e. The maximum atomic E-state index is 13.5. The average molecular weight is 457 g/mol. The average Bonchev–Trinajstić information content (AvgIpc) is 3.23. The van der Waals surface area contributed by atoms with E-state index in [1.807, 2.05) is 47.4 Å². The normalized spacial score (nSPS) is 21.7. The van der Waals surface area contributed by atoms with Gasteiger partial charge in [-0.2, -0.15) is 0 Å². The van der Waals surface area contributed by atoms with E-state index < -0.39 is 6.04 Å². The van der Waals surface area contributed by atoms with Crippen molar-refractivity contribution >= 4 is 17.5 Å². The molecular weight excluding hydrogens is 428 g/mol. The van der Waals surface area contributed by atoms with Crippen molar-refractivity contribution in [3.05, 3.63) is 82.3 Å². The van der Waals surface area contributed by atoms with E-state index in [-0.39, 0.29) is 23.4 Å². The van der Waals surface area contributed by atoms with Crippen LogP contribution in [0, 0.1) is 12.8 Å². The molecule has 2 heterocycles. The molecule has 3 aromatic rings. The van der Waals surface area contributed by atoms with Crippen LogP contribution in [0.1, 0.15) is 48.2 Å². The maximum absolute atomic E-state index is 13.5. The Kier molecular flexibility index (Phi) is 6.01. The second-order valence-corrected chi connectivity index (χ2v) is 9.25. The molecule has 1 saturated carbocycles. The van der Waals surface area contributed by atoms with Crippen LogP contribution in [0.2, 0.25) is 0 Å². The Hall–Kier alpha value is -3.74. The van der Waals surface area contributed by atoms with Crippen molar-refractivity contribution in [2.75, 3.05) is 5.32 Å². The quantitative estimate of drug-likeness (QED) is 0.616. The van der Waals surface area contributed by atoms with Crippen LogP contribution < -0.4 is 10.9 Å². The molecule has 2 N–H and O–H groups in total. The first-order valence-electron chi connectivity index (χ1n) is 11.9. The third kappa shape index (κ3) is 4.38. The number of likely N-dealkylation sites (tertiary alicyclic amines) is 1. The van der Waals surface area contributed by atoms with E-state index in [9.17, 15) is 14.4 Å². The lowest BCUT2D eigenvalue weighted by molar-refractivity contribution is -0.120. The zero-order valence-electron chi connectivity index (χ0n) is 19.2. The van der Waals surface area contributed by atoms with Crippen molar-refractivity contribution < 1.29 is 9.59 Å². The smallest absolute Gasteiger partial charge is 0.254 e. The predicted molar refractivity (Wildman–Crippen MR) is 130 cm³/mol. The van der Waals surface area contributed by atoms with Crippen LogP contribution in [-0.2, 0) is 4.79 Å². The number of aromatic amines is 1. The van der Waals surface area contributed by atoms with Gasteiger partial charge in [0.2, 0.25) is 5.91 Å². The van der Waals surface area contributed by atoms with Crippen LogP contribution in [0.5, 0.6) is 0 Å². The molecule has 1 aliphatic carbocycles. The van der Waals surface area contributed by atoms with E-state index >= 15 is 0 Å². The van der Waals surface area contributed by atoms with E-state index in [1.165, 1.54) is 6.07 Å². The first-order valence-corrected chi connectivity index (χ1v) is 11.9. The number of fused-ring (bicyclic) bond motifs is 1. The number of nitrogens with zero attached hydrogens (tertiary/aromatic N) is 2. The molecule has 174 valence electrons. The molecule has 2 fully saturated rings. The zero-order valence-corrected chi connectivity index (χ0v) is 19.2. The molecule has 5 rings (SSSR count). The van der Waals surface area contributed by atoms with Gasteiger partial charge in [0.05, 0.1) is 0 Å². The second kappa shape index (κ2) is 9.25. The Morgan fingerprint density at radius 2 is 1.82 bits per heavy atom. The molecule has 7 heteroatoms. The van der Waals surface area contributed by atoms with Gasteiger partial charge in [0.25, 0.3) is 11.5 Å². The van der Waals surface area contributed by atoms with Gasteiger partial charge < -0.3 is 15.2 Å². The van der Waals surface area contributed by atoms with Crippen molar-refractivity contribution in [3.63, 3.8) is 0 Å². The highest BCUT2D eigenvalue weighted by Gasteiger charge is 2.47. The minimum Gasteiger partial charge on any atom is -0.324 e. The molecule has 3 atom stereocenters. The Bertz CT molecular complexity index is 1270. The summed E-state index contributed by atoms with van der Waals surface area (Å²) in [5.41, 5.74) is 2.32. The molecular formula is C27H28N4O3. The number of hydrogen-bond donors (Lipinski definition) is 2. The highest BCUT2D eigenvalue weighted by atomic mass is 16.2. The van der Waals surface area contributed by atoms with Gasteiger partial charge in [-0.1, -0.05) is 43.2 Å². The third-order valence-electron chi connectivity index (χ3n) is 6.92. The molecule has 0 spiro atoms. The SMILES string of the molecule is Cc1cc(=O)[nH]c(-c2cccc(NC(=O)C3CC4CCCCC4N3C(=O)c3ccccc3)c2)n1. The molecule has 1 saturated heterocycles. The Morgan fingerprint density at radius 3 is 2.62 bits per heavy atom. The number of aromatic nitrogens is 2. The van der Waals surface area contributed by atoms with E-state index in [4.69, 9.17) is 0 Å². The van der Waals surface area contributed by atoms with Crippen LogP contribution in [0.3, 0.4) is 0 Å². The topological polar surface area (TPSA) is 95.2 Å². The number of amides is 2. The van der Waals surface area contributed by atoms with Gasteiger partial charge in [-0.25, -0.2) is 4.98 Å². The lowest BCUT2D eigenvalue weighted by Gasteiger charge is -2.33. The summed E-state index contributed by atoms with van der Waals surface area (Å²) >= 11 is 0. The standard InChI is InChI=1S/C27H28N4O3/c1-17-14-24(32)30-25(28-17)20-11-7-12-21(15-20)29-26(33)23-16-19-10-5-6-13-22(19)31(23)27(34)18-8-3-2-4-9-18/h2-4,7-9,11-12,14-15,19,22-23H,5-6,10,13,16H2,1H3,(H,29,33)(H,28,30,32). The van der Waals surface area contributed by atoms with Gasteiger partial charge in [-0.05, 0) is 56.4 Å². The molecule has 2 aromatic carbocycles. The summed E-state index contributed by atoms with van der Waals surface area (Å²) in [5.74, 6) is 0.547. The number of nitrogens with one attached hydrogen (secondary N) is 2. The summed E-state index contributed by atoms with van der Waals surface area (Å²) in [6, 6.07) is 17.5. The Balaban J connectivity index is 1.41. The molecule has 1 aromatic heterocycles. The van der Waals surface area contributed by atoms with E-state index in [0.29, 0.717) is 40.7 Å². The van der Waals surface area contributed by atoms with Crippen molar-refractivity contribution in [1.82, 2.24) is 14.9 Å². The minimum absolute atomic E-state index is 0.0783. The fourth-order valence-electron chi connectivity index (χ4n) is 5.40. The first-order chi connectivity index (χ1) is 16.5. The van der Waals surface area contributed by atoms with E-state index in [1.54, 1.807) is 19.1 Å². The van der Waals surface area contributed by atoms with Crippen molar-refractivity contribution in [3.8, 4) is 11.4 Å². The molecule has 0 bridgehead atoms. The molecule has 7 nitrogen and oxygen atoms in total. The number of anilines is 1. The molecule has 1 aliphatic heterocycles. The lowest BCUT2D eigenvalue weighted by Crippen LogP contribution is -2.47. The second-order valence-electron chi connectivity index (χ2n) is 9.25. The van der Waals surface area contributed by atoms with Crippen molar-refractivity contribution in [2.24, 2.45) is 5.92 Å². The van der Waals surface area contributed by atoms with Crippen molar-refractivity contribution in [1.29, 1.82) is 0 Å². The summed E-state index contributed by atoms with van der Waals surface area (Å²) in [6.45, 7) is 1.77. The highest BCUT2D eigenvalue weighted by Crippen LogP contribution is 2.41. The fourth-order valence-corrected chi connectivity index (χ4v) is 5.40. The van der Waals surface area contributed by atoms with Gasteiger partial charge in [-0.3, -0.25) is 14.4 Å². The van der Waals surface area contributed by atoms with Crippen LogP contribution in [0.4, 0.5) is 5.69 Å². The van der Waals surface area contributed by atoms with Crippen LogP contribution in [0.25, 0.3) is 11.4 Å². The number of carbonyl (C=O) groups is 2. The zero-order chi connectivity index (χ0) is 23.7. The fraction of sp³-hybridized carbons (Fsp3) is 0.333. The first kappa shape index (κ1) is 22.1. The van der Waals surface area contributed by atoms with Crippen LogP contribution in [-0.4, -0.2) is 38.8 Å². The number of aryl methyl sites for hydroxylation is 1. The van der Waals surface area contributed by atoms with Gasteiger partial charge in [0.15, 0.2) is 0 Å². The molecule has 2 aliphatic rings. The molecule has 0 radical (unpaired) electrons. The van der Waals surface area contributed by atoms with Crippen molar-refractivity contribution in [2.45, 2.75) is 51.1 Å². The number of hydrogen-bond acceptors (Lipinski definition) is 4. The van der Waals surface area contributed by atoms with E-state index in [0.717, 1.165) is 25.7 Å². The lowest BCUT2D eigenvalue weighted by atomic mass is 9.84. The summed E-state index contributed by atoms with van der Waals surface area (Å²) < 4.78 is 0. The van der Waals surface area contributed by atoms with E-state index in [2.05, 4.69) is 15.3 Å². The van der Waals surface area contributed by atoms with Gasteiger partial charge in [-0.15, -0.1) is 0 Å². The number of carbonyl (C=O) groups excluding carboxylic acids is 2. The summed E-state index contributed by atoms with van der Waals surface area (Å²) in [6.07, 6.45) is 4.90. The van der Waals surface area contributed by atoms with Crippen LogP contribution in [0.15, 0.2) is 65.5 Å². The molecule has 3 unspecified atom stereocenters. The Morgan fingerprint density at radius 1 is 1.03 bits per heavy atom. The number of benzene rings is 2. The van der Waals surface area contributed by atoms with Crippen LogP contribution >= 0.6 is 0 Å². The number of H-pyrrole nitrogens is 1. The highest BCUT2D eigenvalue weighted by molar-refractivity contribution is 6.02. The summed E-state index contributed by atoms with van der Waals surface area (Å²) in [5, 5.41) is 3.02. The summed E-state index contributed by atoms with van der Waals surface area (Å²) in [4.78, 5) is 47.8. The summed E-state index contributed by atoms with van der Waals surface area (Å²) in [7, 11) is 0. The van der Waals surface area contributed by atoms with Gasteiger partial charge in [0, 0.05) is 34.6 Å². The monoisotopic (exact) mass is 456 g/mol. The molecule has 34 heavy (non-hydrogen) atoms. The predicted octanol–water partition coefficient (Wildman–Crippen LogP) is 4.16. The van der Waals surface area contributed by atoms with Gasteiger partial charge >= 0.3 is 0 Å². The molecule has 2 amide bonds. The largest absolute Gasteiger partial charge is 0.324 e. The third-order valence-corrected chi connectivity index (χ3v) is 6.92. The van der Waals surface area contributed by atoms with Gasteiger partial charge in [0.1, 0.15) is 11.9 Å². The Labute approximate surface area is 198 Å². The number of rotatable bonds is 4.